The summed E-state index contributed by atoms with van der Waals surface area (Å²) in [6.07, 6.45) is 1.41. The number of rotatable bonds is 5. The molecule has 0 unspecified atom stereocenters. The van der Waals surface area contributed by atoms with E-state index in [0.29, 0.717) is 17.0 Å². The van der Waals surface area contributed by atoms with Gasteiger partial charge in [-0.3, -0.25) is 9.59 Å². The van der Waals surface area contributed by atoms with Gasteiger partial charge < -0.3 is 14.6 Å². The third kappa shape index (κ3) is 3.69. The highest BCUT2D eigenvalue weighted by atomic mass is 35.5. The molecular weight excluding hydrogens is 334 g/mol. The quantitative estimate of drug-likeness (QED) is 0.564. The zero-order valence-corrected chi connectivity index (χ0v) is 13.1. The van der Waals surface area contributed by atoms with Gasteiger partial charge in [0.15, 0.2) is 17.3 Å². The van der Waals surface area contributed by atoms with Crippen LogP contribution in [0.5, 0.6) is 0 Å². The van der Waals surface area contributed by atoms with Crippen molar-refractivity contribution < 1.29 is 18.8 Å². The minimum Gasteiger partial charge on any atom is -0.455 e. The lowest BCUT2D eigenvalue weighted by atomic mass is 10.2. The van der Waals surface area contributed by atoms with Crippen LogP contribution in [0.4, 0.5) is 5.69 Å². The number of hydrogen-bond donors (Lipinski definition) is 1. The maximum atomic E-state index is 11.9. The number of esters is 1. The van der Waals surface area contributed by atoms with Gasteiger partial charge in [-0.25, -0.2) is 4.98 Å². The zero-order valence-electron chi connectivity index (χ0n) is 12.4. The molecule has 0 spiro atoms. The van der Waals surface area contributed by atoms with Crippen LogP contribution < -0.4 is 5.32 Å². The van der Waals surface area contributed by atoms with Gasteiger partial charge >= 0.3 is 5.97 Å². The Bertz CT molecular complexity index is 894. The van der Waals surface area contributed by atoms with Crippen LogP contribution in [0.15, 0.2) is 47.1 Å². The number of aromatic nitrogens is 2. The Morgan fingerprint density at radius 1 is 1.21 bits per heavy atom. The number of nitrogens with zero attached hydrogens (tertiary/aromatic N) is 2. The standard InChI is InChI=1S/C16H12ClN3O4/c17-16-11(5-3-7-18-16)19-14(21)9-23-15(22)8-12-10-4-1-2-6-13(10)24-20-12/h1-7H,8-9H2,(H,19,21). The molecule has 2 heterocycles. The molecule has 0 aliphatic rings. The summed E-state index contributed by atoms with van der Waals surface area (Å²) >= 11 is 5.83. The molecule has 0 radical (unpaired) electrons. The van der Waals surface area contributed by atoms with Gasteiger partial charge in [-0.1, -0.05) is 28.9 Å². The van der Waals surface area contributed by atoms with E-state index in [1.165, 1.54) is 6.20 Å². The van der Waals surface area contributed by atoms with Crippen LogP contribution in [0.3, 0.4) is 0 Å². The van der Waals surface area contributed by atoms with Gasteiger partial charge in [0.05, 0.1) is 12.1 Å². The lowest BCUT2D eigenvalue weighted by Crippen LogP contribution is -2.22. The largest absolute Gasteiger partial charge is 0.455 e. The van der Waals surface area contributed by atoms with Crippen LogP contribution in [0, 0.1) is 0 Å². The van der Waals surface area contributed by atoms with Gasteiger partial charge in [-0.15, -0.1) is 0 Å². The summed E-state index contributed by atoms with van der Waals surface area (Å²) in [7, 11) is 0. The fraction of sp³-hybridized carbons (Fsp3) is 0.125. The SMILES string of the molecule is O=C(COC(=O)Cc1noc2ccccc12)Nc1cccnc1Cl. The minimum atomic E-state index is -0.582. The Kier molecular flexibility index (Phi) is 4.72. The molecule has 122 valence electrons. The molecule has 1 aromatic carbocycles. The van der Waals surface area contributed by atoms with Gasteiger partial charge in [0.25, 0.3) is 5.91 Å². The van der Waals surface area contributed by atoms with Crippen molar-refractivity contribution in [1.82, 2.24) is 10.1 Å². The van der Waals surface area contributed by atoms with E-state index in [-0.39, 0.29) is 11.6 Å². The summed E-state index contributed by atoms with van der Waals surface area (Å²) in [5.41, 5.74) is 1.40. The average Bonchev–Trinajstić information content (AvgIpc) is 2.98. The van der Waals surface area contributed by atoms with E-state index in [0.717, 1.165) is 5.39 Å². The van der Waals surface area contributed by atoms with Crippen molar-refractivity contribution >= 4 is 40.1 Å². The third-order valence-corrected chi connectivity index (χ3v) is 3.46. The fourth-order valence-corrected chi connectivity index (χ4v) is 2.23. The first-order valence-corrected chi connectivity index (χ1v) is 7.40. The monoisotopic (exact) mass is 345 g/mol. The van der Waals surface area contributed by atoms with E-state index in [1.807, 2.05) is 12.1 Å². The Hall–Kier alpha value is -2.93. The van der Waals surface area contributed by atoms with Crippen LogP contribution in [-0.4, -0.2) is 28.6 Å². The number of amides is 1. The normalized spacial score (nSPS) is 10.5. The third-order valence-electron chi connectivity index (χ3n) is 3.16. The van der Waals surface area contributed by atoms with E-state index in [1.54, 1.807) is 24.3 Å². The summed E-state index contributed by atoms with van der Waals surface area (Å²) in [4.78, 5) is 27.5. The second-order valence-corrected chi connectivity index (χ2v) is 5.21. The topological polar surface area (TPSA) is 94.3 Å². The molecule has 3 aromatic rings. The summed E-state index contributed by atoms with van der Waals surface area (Å²) < 4.78 is 10.1. The van der Waals surface area contributed by atoms with E-state index >= 15 is 0 Å². The average molecular weight is 346 g/mol. The van der Waals surface area contributed by atoms with Crippen molar-refractivity contribution in [1.29, 1.82) is 0 Å². The smallest absolute Gasteiger partial charge is 0.312 e. The summed E-state index contributed by atoms with van der Waals surface area (Å²) in [5, 5.41) is 7.24. The number of halogens is 1. The van der Waals surface area contributed by atoms with Gasteiger partial charge in [0.2, 0.25) is 0 Å². The van der Waals surface area contributed by atoms with Gasteiger partial charge in [-0.2, -0.15) is 0 Å². The van der Waals surface area contributed by atoms with Gasteiger partial charge in [0.1, 0.15) is 5.69 Å². The van der Waals surface area contributed by atoms with Crippen molar-refractivity contribution in [2.75, 3.05) is 11.9 Å². The Labute approximate surface area is 141 Å². The van der Waals surface area contributed by atoms with Crippen LogP contribution in [0.1, 0.15) is 5.69 Å². The maximum Gasteiger partial charge on any atom is 0.312 e. The minimum absolute atomic E-state index is 0.0854. The predicted octanol–water partition coefficient (Wildman–Crippen LogP) is 2.60. The number of fused-ring (bicyclic) bond motifs is 1. The molecule has 3 rings (SSSR count). The van der Waals surface area contributed by atoms with Crippen LogP contribution in [0.25, 0.3) is 11.0 Å². The molecule has 1 amide bonds. The number of hydrogen-bond acceptors (Lipinski definition) is 6. The van der Waals surface area contributed by atoms with Crippen molar-refractivity contribution in [2.24, 2.45) is 0 Å². The number of carbonyl (C=O) groups excluding carboxylic acids is 2. The van der Waals surface area contributed by atoms with E-state index in [2.05, 4.69) is 15.5 Å². The van der Waals surface area contributed by atoms with Crippen LogP contribution >= 0.6 is 11.6 Å². The van der Waals surface area contributed by atoms with Gasteiger partial charge in [0, 0.05) is 11.6 Å². The lowest BCUT2D eigenvalue weighted by molar-refractivity contribution is -0.146. The van der Waals surface area contributed by atoms with E-state index < -0.39 is 18.5 Å². The highest BCUT2D eigenvalue weighted by Gasteiger charge is 2.15. The first-order valence-electron chi connectivity index (χ1n) is 7.03. The van der Waals surface area contributed by atoms with Gasteiger partial charge in [-0.05, 0) is 24.3 Å². The molecule has 0 atom stereocenters. The molecule has 0 aliphatic heterocycles. The highest BCUT2D eigenvalue weighted by molar-refractivity contribution is 6.32. The van der Waals surface area contributed by atoms with Crippen molar-refractivity contribution in [3.05, 3.63) is 53.4 Å². The number of nitrogens with one attached hydrogen (secondary N) is 1. The van der Waals surface area contributed by atoms with E-state index in [9.17, 15) is 9.59 Å². The molecule has 0 bridgehead atoms. The van der Waals surface area contributed by atoms with Crippen LogP contribution in [-0.2, 0) is 20.7 Å². The molecule has 0 aliphatic carbocycles. The Balaban J connectivity index is 1.54. The maximum absolute atomic E-state index is 11.9. The number of pyridine rings is 1. The molecule has 7 nitrogen and oxygen atoms in total. The Morgan fingerprint density at radius 2 is 2.04 bits per heavy atom. The fourth-order valence-electron chi connectivity index (χ4n) is 2.06. The molecular formula is C16H12ClN3O4. The summed E-state index contributed by atoms with van der Waals surface area (Å²) in [5.74, 6) is -1.09. The van der Waals surface area contributed by atoms with Crippen molar-refractivity contribution in [2.45, 2.75) is 6.42 Å². The number of benzene rings is 1. The molecule has 2 aromatic heterocycles. The zero-order chi connectivity index (χ0) is 16.9. The number of ether oxygens (including phenoxy) is 1. The second kappa shape index (κ2) is 7.10. The Morgan fingerprint density at radius 3 is 2.88 bits per heavy atom. The number of anilines is 1. The number of carbonyl (C=O) groups is 2. The predicted molar refractivity (Wildman–Crippen MR) is 86.5 cm³/mol. The number of para-hydroxylation sites is 1. The molecule has 24 heavy (non-hydrogen) atoms. The van der Waals surface area contributed by atoms with Crippen LogP contribution in [0.2, 0.25) is 5.15 Å². The summed E-state index contributed by atoms with van der Waals surface area (Å²) in [6.45, 7) is -0.431. The van der Waals surface area contributed by atoms with Crippen molar-refractivity contribution in [3.63, 3.8) is 0 Å². The molecule has 8 heteroatoms. The first-order chi connectivity index (χ1) is 11.6. The van der Waals surface area contributed by atoms with Crippen molar-refractivity contribution in [3.8, 4) is 0 Å². The molecule has 1 N–H and O–H groups in total. The molecule has 0 fully saturated rings. The second-order valence-electron chi connectivity index (χ2n) is 4.85. The molecule has 0 saturated heterocycles. The molecule has 0 saturated carbocycles. The highest BCUT2D eigenvalue weighted by Crippen LogP contribution is 2.19. The summed E-state index contributed by atoms with van der Waals surface area (Å²) in [6, 6.07) is 10.4. The first kappa shape index (κ1) is 15.9. The van der Waals surface area contributed by atoms with E-state index in [4.69, 9.17) is 20.9 Å². The lowest BCUT2D eigenvalue weighted by Gasteiger charge is -2.06.